The Kier molecular flexibility index (Phi) is 6.03. The molecule has 0 radical (unpaired) electrons. The van der Waals surface area contributed by atoms with Gasteiger partial charge in [0.05, 0.1) is 6.54 Å². The first kappa shape index (κ1) is 21.0. The molecular weight excluding hydrogens is 409 g/mol. The Morgan fingerprint density at radius 1 is 1.03 bits per heavy atom. The predicted octanol–water partition coefficient (Wildman–Crippen LogP) is 4.29. The topological polar surface area (TPSA) is 71.3 Å². The fraction of sp³-hybridized carbons (Fsp3) is 0.318. The van der Waals surface area contributed by atoms with Crippen LogP contribution in [0.15, 0.2) is 59.0 Å². The number of hydrogen-bond donors (Lipinski definition) is 1. The summed E-state index contributed by atoms with van der Waals surface area (Å²) in [7, 11) is 0. The SMILES string of the molecule is O=C(C1CCNCC1)N(Cc1ccc(-c2nnc(C(F)(F)F)o2)cc1)c1ccccc1. The third-order valence-corrected chi connectivity index (χ3v) is 5.23. The number of halogens is 3. The van der Waals surface area contributed by atoms with E-state index in [2.05, 4.69) is 15.5 Å². The largest absolute Gasteiger partial charge is 0.470 e. The molecule has 3 aromatic rings. The lowest BCUT2D eigenvalue weighted by molar-refractivity contribution is -0.156. The Bertz CT molecular complexity index is 1010. The van der Waals surface area contributed by atoms with Crippen LogP contribution < -0.4 is 10.2 Å². The van der Waals surface area contributed by atoms with Gasteiger partial charge in [0, 0.05) is 17.2 Å². The monoisotopic (exact) mass is 430 g/mol. The highest BCUT2D eigenvalue weighted by Crippen LogP contribution is 2.30. The minimum absolute atomic E-state index is 0.0417. The maximum absolute atomic E-state index is 13.2. The average molecular weight is 430 g/mol. The molecule has 4 rings (SSSR count). The first-order valence-electron chi connectivity index (χ1n) is 9.99. The summed E-state index contributed by atoms with van der Waals surface area (Å²) in [5, 5.41) is 9.79. The van der Waals surface area contributed by atoms with Crippen LogP contribution in [0.25, 0.3) is 11.5 Å². The molecule has 2 aromatic carbocycles. The summed E-state index contributed by atoms with van der Waals surface area (Å²) >= 11 is 0. The van der Waals surface area contributed by atoms with Crippen molar-refractivity contribution in [3.05, 3.63) is 66.1 Å². The minimum atomic E-state index is -4.68. The van der Waals surface area contributed by atoms with Crippen molar-refractivity contribution in [2.45, 2.75) is 25.6 Å². The number of para-hydroxylation sites is 1. The molecule has 0 atom stereocenters. The molecule has 1 aliphatic rings. The molecule has 1 aromatic heterocycles. The van der Waals surface area contributed by atoms with Crippen LogP contribution in [0.3, 0.4) is 0 Å². The number of benzene rings is 2. The zero-order valence-corrected chi connectivity index (χ0v) is 16.6. The van der Waals surface area contributed by atoms with Crippen molar-refractivity contribution in [1.29, 1.82) is 0 Å². The van der Waals surface area contributed by atoms with E-state index >= 15 is 0 Å². The fourth-order valence-corrected chi connectivity index (χ4v) is 3.58. The first-order valence-corrected chi connectivity index (χ1v) is 9.99. The summed E-state index contributed by atoms with van der Waals surface area (Å²) in [5.74, 6) is -1.55. The Morgan fingerprint density at radius 2 is 1.71 bits per heavy atom. The molecule has 0 spiro atoms. The number of alkyl halides is 3. The third-order valence-electron chi connectivity index (χ3n) is 5.23. The second kappa shape index (κ2) is 8.89. The summed E-state index contributed by atoms with van der Waals surface area (Å²) in [6.07, 6.45) is -3.10. The van der Waals surface area contributed by atoms with Gasteiger partial charge in [0.1, 0.15) is 0 Å². The quantitative estimate of drug-likeness (QED) is 0.654. The molecule has 31 heavy (non-hydrogen) atoms. The van der Waals surface area contributed by atoms with Crippen LogP contribution in [0.2, 0.25) is 0 Å². The zero-order valence-electron chi connectivity index (χ0n) is 16.6. The van der Waals surface area contributed by atoms with Crippen molar-refractivity contribution < 1.29 is 22.4 Å². The number of nitrogens with zero attached hydrogens (tertiary/aromatic N) is 3. The van der Waals surface area contributed by atoms with Gasteiger partial charge in [0.15, 0.2) is 0 Å². The number of piperidine rings is 1. The van der Waals surface area contributed by atoms with Crippen molar-refractivity contribution in [3.63, 3.8) is 0 Å². The van der Waals surface area contributed by atoms with Crippen LogP contribution >= 0.6 is 0 Å². The molecule has 9 heteroatoms. The second-order valence-electron chi connectivity index (χ2n) is 7.39. The van der Waals surface area contributed by atoms with Gasteiger partial charge in [-0.15, -0.1) is 10.2 Å². The van der Waals surface area contributed by atoms with Crippen molar-refractivity contribution in [1.82, 2.24) is 15.5 Å². The lowest BCUT2D eigenvalue weighted by atomic mass is 9.96. The number of rotatable bonds is 5. The van der Waals surface area contributed by atoms with E-state index in [1.807, 2.05) is 30.3 Å². The van der Waals surface area contributed by atoms with E-state index in [0.29, 0.717) is 12.1 Å². The molecule has 6 nitrogen and oxygen atoms in total. The van der Waals surface area contributed by atoms with Gasteiger partial charge in [-0.1, -0.05) is 30.3 Å². The standard InChI is InChI=1S/C22H21F3N4O2/c23-22(24,25)21-28-27-19(31-21)16-8-6-15(7-9-16)14-29(18-4-2-1-3-5-18)20(30)17-10-12-26-13-11-17/h1-9,17,26H,10-14H2. The van der Waals surface area contributed by atoms with Crippen molar-refractivity contribution in [2.24, 2.45) is 5.92 Å². The minimum Gasteiger partial charge on any atom is -0.413 e. The van der Waals surface area contributed by atoms with Crippen LogP contribution in [-0.4, -0.2) is 29.2 Å². The van der Waals surface area contributed by atoms with Crippen molar-refractivity contribution in [2.75, 3.05) is 18.0 Å². The number of amides is 1. The fourth-order valence-electron chi connectivity index (χ4n) is 3.58. The number of aromatic nitrogens is 2. The van der Waals surface area contributed by atoms with Crippen molar-refractivity contribution >= 4 is 11.6 Å². The summed E-state index contributed by atoms with van der Waals surface area (Å²) in [6, 6.07) is 16.2. The Balaban J connectivity index is 1.54. The second-order valence-corrected chi connectivity index (χ2v) is 7.39. The molecular formula is C22H21F3N4O2. The third kappa shape index (κ3) is 4.93. The highest BCUT2D eigenvalue weighted by Gasteiger charge is 2.38. The van der Waals surface area contributed by atoms with E-state index in [1.54, 1.807) is 29.2 Å². The molecule has 1 fully saturated rings. The van der Waals surface area contributed by atoms with Crippen LogP contribution in [0, 0.1) is 5.92 Å². The molecule has 1 N–H and O–H groups in total. The number of carbonyl (C=O) groups excluding carboxylic acids is 1. The normalized spacial score (nSPS) is 15.1. The van der Waals surface area contributed by atoms with Gasteiger partial charge in [0.25, 0.3) is 0 Å². The van der Waals surface area contributed by atoms with E-state index in [-0.39, 0.29) is 17.7 Å². The van der Waals surface area contributed by atoms with Crippen LogP contribution in [0.4, 0.5) is 18.9 Å². The Labute approximate surface area is 177 Å². The lowest BCUT2D eigenvalue weighted by Crippen LogP contribution is -2.40. The van der Waals surface area contributed by atoms with Gasteiger partial charge in [-0.25, -0.2) is 0 Å². The zero-order chi connectivity index (χ0) is 21.8. The van der Waals surface area contributed by atoms with E-state index in [9.17, 15) is 18.0 Å². The van der Waals surface area contributed by atoms with Gasteiger partial charge in [0.2, 0.25) is 11.8 Å². The molecule has 0 bridgehead atoms. The Morgan fingerprint density at radius 3 is 2.32 bits per heavy atom. The molecule has 1 amide bonds. The number of carbonyl (C=O) groups is 1. The van der Waals surface area contributed by atoms with E-state index in [0.717, 1.165) is 37.2 Å². The maximum Gasteiger partial charge on any atom is 0.470 e. The maximum atomic E-state index is 13.2. The van der Waals surface area contributed by atoms with E-state index in [1.165, 1.54) is 0 Å². The molecule has 1 aliphatic heterocycles. The highest BCUT2D eigenvalue weighted by atomic mass is 19.4. The van der Waals surface area contributed by atoms with Crippen molar-refractivity contribution in [3.8, 4) is 11.5 Å². The smallest absolute Gasteiger partial charge is 0.413 e. The Hall–Kier alpha value is -3.20. The van der Waals surface area contributed by atoms with Gasteiger partial charge >= 0.3 is 12.1 Å². The van der Waals surface area contributed by atoms with E-state index < -0.39 is 12.1 Å². The predicted molar refractivity (Wildman–Crippen MR) is 108 cm³/mol. The number of anilines is 1. The van der Waals surface area contributed by atoms with Gasteiger partial charge in [-0.05, 0) is 55.8 Å². The van der Waals surface area contributed by atoms with Gasteiger partial charge < -0.3 is 14.6 Å². The molecule has 0 unspecified atom stereocenters. The summed E-state index contributed by atoms with van der Waals surface area (Å²) in [5.41, 5.74) is 2.02. The molecule has 1 saturated heterocycles. The first-order chi connectivity index (χ1) is 14.9. The van der Waals surface area contributed by atoms with Crippen LogP contribution in [-0.2, 0) is 17.5 Å². The van der Waals surface area contributed by atoms with Gasteiger partial charge in [-0.3, -0.25) is 4.79 Å². The molecule has 2 heterocycles. The molecule has 162 valence electrons. The average Bonchev–Trinajstić information content (AvgIpc) is 3.30. The van der Waals surface area contributed by atoms with Crippen LogP contribution in [0.5, 0.6) is 0 Å². The number of hydrogen-bond acceptors (Lipinski definition) is 5. The van der Waals surface area contributed by atoms with Crippen LogP contribution in [0.1, 0.15) is 24.3 Å². The number of nitrogens with one attached hydrogen (secondary N) is 1. The highest BCUT2D eigenvalue weighted by molar-refractivity contribution is 5.95. The van der Waals surface area contributed by atoms with Gasteiger partial charge in [-0.2, -0.15) is 13.2 Å². The lowest BCUT2D eigenvalue weighted by Gasteiger charge is -2.30. The van der Waals surface area contributed by atoms with E-state index in [4.69, 9.17) is 4.42 Å². The summed E-state index contributed by atoms with van der Waals surface area (Å²) in [4.78, 5) is 15.0. The molecule has 0 aliphatic carbocycles. The molecule has 0 saturated carbocycles. The summed E-state index contributed by atoms with van der Waals surface area (Å²) < 4.78 is 42.8. The summed E-state index contributed by atoms with van der Waals surface area (Å²) in [6.45, 7) is 1.99.